The lowest BCUT2D eigenvalue weighted by Crippen LogP contribution is -1.99. The van der Waals surface area contributed by atoms with E-state index in [0.29, 0.717) is 0 Å². The van der Waals surface area contributed by atoms with E-state index in [4.69, 9.17) is 23.6 Å². The molecule has 0 aliphatic rings. The first-order valence-corrected chi connectivity index (χ1v) is 7.04. The molecule has 0 atom stereocenters. The van der Waals surface area contributed by atoms with E-state index in [1.54, 1.807) is 0 Å². The standard InChI is InChI=1S/C12H25Cl2N/c1-2-3-4-5-6-7-8-9-10-11-12-15(13)14/h2-12H2,1H3. The van der Waals surface area contributed by atoms with Gasteiger partial charge < -0.3 is 0 Å². The van der Waals surface area contributed by atoms with Gasteiger partial charge in [-0.25, -0.2) is 0 Å². The summed E-state index contributed by atoms with van der Waals surface area (Å²) in [7, 11) is 0. The maximum Gasteiger partial charge on any atom is 0.0304 e. The van der Waals surface area contributed by atoms with Gasteiger partial charge in [0.1, 0.15) is 0 Å². The van der Waals surface area contributed by atoms with Crippen molar-refractivity contribution in [2.24, 2.45) is 0 Å². The molecule has 0 heterocycles. The zero-order valence-electron chi connectivity index (χ0n) is 9.98. The van der Waals surface area contributed by atoms with E-state index in [1.165, 1.54) is 61.7 Å². The molecule has 0 radical (unpaired) electrons. The van der Waals surface area contributed by atoms with Crippen LogP contribution in [0.15, 0.2) is 0 Å². The molecule has 0 aromatic carbocycles. The van der Waals surface area contributed by atoms with Crippen molar-refractivity contribution in [3.05, 3.63) is 0 Å². The van der Waals surface area contributed by atoms with E-state index >= 15 is 0 Å². The van der Waals surface area contributed by atoms with Gasteiger partial charge >= 0.3 is 0 Å². The van der Waals surface area contributed by atoms with E-state index in [2.05, 4.69) is 6.92 Å². The molecule has 0 aliphatic carbocycles. The van der Waals surface area contributed by atoms with Crippen LogP contribution < -0.4 is 0 Å². The van der Waals surface area contributed by atoms with E-state index in [0.717, 1.165) is 13.0 Å². The largest absolute Gasteiger partial charge is 0.132 e. The van der Waals surface area contributed by atoms with Crippen LogP contribution in [0, 0.1) is 0 Å². The SMILES string of the molecule is CCCCCCCCCCCCN(Cl)Cl. The van der Waals surface area contributed by atoms with Gasteiger partial charge in [-0.2, -0.15) is 0 Å². The second-order valence-electron chi connectivity index (χ2n) is 4.21. The van der Waals surface area contributed by atoms with Gasteiger partial charge in [0, 0.05) is 6.54 Å². The second kappa shape index (κ2) is 12.6. The van der Waals surface area contributed by atoms with Gasteiger partial charge in [-0.3, -0.25) is 0 Å². The van der Waals surface area contributed by atoms with Gasteiger partial charge in [0.05, 0.1) is 0 Å². The first-order valence-electron chi connectivity index (χ1n) is 6.36. The summed E-state index contributed by atoms with van der Waals surface area (Å²) in [6.45, 7) is 3.05. The average molecular weight is 254 g/mol. The van der Waals surface area contributed by atoms with Crippen molar-refractivity contribution in [1.29, 1.82) is 0 Å². The average Bonchev–Trinajstić information content (AvgIpc) is 2.20. The van der Waals surface area contributed by atoms with Crippen molar-refractivity contribution in [2.45, 2.75) is 71.1 Å². The van der Waals surface area contributed by atoms with Gasteiger partial charge in [-0.05, 0) is 30.0 Å². The Labute approximate surface area is 105 Å². The first kappa shape index (κ1) is 15.5. The minimum atomic E-state index is 0.791. The maximum atomic E-state index is 5.49. The fraction of sp³-hybridized carbons (Fsp3) is 1.00. The van der Waals surface area contributed by atoms with Crippen molar-refractivity contribution >= 4 is 23.6 Å². The molecule has 0 aliphatic heterocycles. The van der Waals surface area contributed by atoms with Crippen LogP contribution in [0.3, 0.4) is 0 Å². The van der Waals surface area contributed by atoms with Crippen LogP contribution in [-0.4, -0.2) is 10.5 Å². The summed E-state index contributed by atoms with van der Waals surface area (Å²) < 4.78 is 1.23. The summed E-state index contributed by atoms with van der Waals surface area (Å²) in [5, 5.41) is 0. The Hall–Kier alpha value is 0.540. The maximum absolute atomic E-state index is 5.49. The van der Waals surface area contributed by atoms with Crippen LogP contribution >= 0.6 is 23.6 Å². The van der Waals surface area contributed by atoms with Crippen molar-refractivity contribution in [2.75, 3.05) is 6.54 Å². The highest BCUT2D eigenvalue weighted by atomic mass is 35.5. The van der Waals surface area contributed by atoms with Crippen molar-refractivity contribution in [3.8, 4) is 0 Å². The molecular weight excluding hydrogens is 229 g/mol. The quantitative estimate of drug-likeness (QED) is 0.347. The van der Waals surface area contributed by atoms with Crippen LogP contribution in [0.1, 0.15) is 71.1 Å². The summed E-state index contributed by atoms with van der Waals surface area (Å²) in [4.78, 5) is 0. The minimum Gasteiger partial charge on any atom is -0.132 e. The molecule has 0 aromatic heterocycles. The van der Waals surface area contributed by atoms with Crippen LogP contribution in [-0.2, 0) is 0 Å². The Balaban J connectivity index is 2.87. The third-order valence-corrected chi connectivity index (χ3v) is 3.02. The number of hydrogen-bond donors (Lipinski definition) is 0. The summed E-state index contributed by atoms with van der Waals surface area (Å²) in [5.41, 5.74) is 0. The zero-order chi connectivity index (χ0) is 11.4. The third kappa shape index (κ3) is 14.5. The molecule has 0 saturated carbocycles. The van der Waals surface area contributed by atoms with Crippen LogP contribution in [0.5, 0.6) is 0 Å². The highest BCUT2D eigenvalue weighted by Crippen LogP contribution is 2.11. The number of halogens is 2. The Morgan fingerprint density at radius 2 is 1.07 bits per heavy atom. The Morgan fingerprint density at radius 1 is 0.667 bits per heavy atom. The predicted molar refractivity (Wildman–Crippen MR) is 70.3 cm³/mol. The molecule has 0 bridgehead atoms. The topological polar surface area (TPSA) is 3.24 Å². The summed E-state index contributed by atoms with van der Waals surface area (Å²) >= 11 is 11.0. The summed E-state index contributed by atoms with van der Waals surface area (Å²) in [5.74, 6) is 0. The highest BCUT2D eigenvalue weighted by Gasteiger charge is 1.95. The van der Waals surface area contributed by atoms with E-state index in [9.17, 15) is 0 Å². The molecule has 1 nitrogen and oxygen atoms in total. The lowest BCUT2D eigenvalue weighted by atomic mass is 10.1. The van der Waals surface area contributed by atoms with Crippen LogP contribution in [0.2, 0.25) is 0 Å². The predicted octanol–water partition coefficient (Wildman–Crippen LogP) is 5.52. The number of unbranched alkanes of at least 4 members (excludes halogenated alkanes) is 9. The molecule has 0 rings (SSSR count). The molecule has 92 valence electrons. The zero-order valence-corrected chi connectivity index (χ0v) is 11.5. The first-order chi connectivity index (χ1) is 7.27. The molecule has 0 amide bonds. The number of hydrogen-bond acceptors (Lipinski definition) is 1. The molecule has 0 unspecified atom stereocenters. The van der Waals surface area contributed by atoms with Crippen molar-refractivity contribution in [3.63, 3.8) is 0 Å². The smallest absolute Gasteiger partial charge is 0.0304 e. The monoisotopic (exact) mass is 253 g/mol. The van der Waals surface area contributed by atoms with Crippen molar-refractivity contribution in [1.82, 2.24) is 3.94 Å². The molecule has 0 saturated heterocycles. The normalized spacial score (nSPS) is 11.2. The molecule has 3 heteroatoms. The molecule has 0 aromatic rings. The fourth-order valence-electron chi connectivity index (χ4n) is 1.72. The van der Waals surface area contributed by atoms with E-state index in [1.807, 2.05) is 0 Å². The Morgan fingerprint density at radius 3 is 1.47 bits per heavy atom. The van der Waals surface area contributed by atoms with Crippen molar-refractivity contribution < 1.29 is 0 Å². The van der Waals surface area contributed by atoms with E-state index in [-0.39, 0.29) is 0 Å². The van der Waals surface area contributed by atoms with Gasteiger partial charge in [0.25, 0.3) is 0 Å². The van der Waals surface area contributed by atoms with Gasteiger partial charge in [-0.1, -0.05) is 64.7 Å². The van der Waals surface area contributed by atoms with Gasteiger partial charge in [0.15, 0.2) is 0 Å². The third-order valence-electron chi connectivity index (χ3n) is 2.68. The van der Waals surface area contributed by atoms with Gasteiger partial charge in [0.2, 0.25) is 0 Å². The van der Waals surface area contributed by atoms with Crippen LogP contribution in [0.25, 0.3) is 0 Å². The fourth-order valence-corrected chi connectivity index (χ4v) is 1.96. The molecular formula is C12H25Cl2N. The van der Waals surface area contributed by atoms with Gasteiger partial charge in [-0.15, -0.1) is 3.94 Å². The number of nitrogens with zero attached hydrogens (tertiary/aromatic N) is 1. The number of rotatable bonds is 11. The second-order valence-corrected chi connectivity index (χ2v) is 5.20. The minimum absolute atomic E-state index is 0.791. The lowest BCUT2D eigenvalue weighted by Gasteiger charge is -2.03. The molecule has 0 N–H and O–H groups in total. The van der Waals surface area contributed by atoms with Crippen LogP contribution in [0.4, 0.5) is 0 Å². The Bertz CT molecular complexity index is 118. The molecule has 15 heavy (non-hydrogen) atoms. The molecule has 0 fully saturated rings. The lowest BCUT2D eigenvalue weighted by molar-refractivity contribution is 0.539. The van der Waals surface area contributed by atoms with E-state index < -0.39 is 0 Å². The highest BCUT2D eigenvalue weighted by molar-refractivity contribution is 6.33. The molecule has 0 spiro atoms. The summed E-state index contributed by atoms with van der Waals surface area (Å²) in [6, 6.07) is 0. The Kier molecular flexibility index (Phi) is 13.1. The summed E-state index contributed by atoms with van der Waals surface area (Å²) in [6.07, 6.45) is 13.5.